The van der Waals surface area contributed by atoms with Gasteiger partial charge in [0.15, 0.2) is 13.9 Å². The minimum atomic E-state index is -2.79. The summed E-state index contributed by atoms with van der Waals surface area (Å²) in [5.74, 6) is -0.694. The first-order valence-electron chi connectivity index (χ1n) is 14.4. The van der Waals surface area contributed by atoms with Gasteiger partial charge in [0.25, 0.3) is 5.91 Å². The zero-order valence-corrected chi connectivity index (χ0v) is 24.8. The first-order valence-corrected chi connectivity index (χ1v) is 17.4. The molecular formula is C29H44N2O7Si. The monoisotopic (exact) mass is 560 g/mol. The Hall–Kier alpha value is -2.27. The molecular weight excluding hydrogens is 516 g/mol. The number of unbranched alkanes of at least 4 members (excludes halogenated alkanes) is 1. The quantitative estimate of drug-likeness (QED) is 0.268. The number of rotatable bonds is 9. The van der Waals surface area contributed by atoms with Crippen molar-refractivity contribution in [3.63, 3.8) is 0 Å². The first kappa shape index (κ1) is 29.7. The molecule has 216 valence electrons. The number of aliphatic hydroxyl groups excluding tert-OH is 1. The summed E-state index contributed by atoms with van der Waals surface area (Å²) in [5, 5.41) is 9.82. The molecule has 0 bridgehead atoms. The van der Waals surface area contributed by atoms with Gasteiger partial charge in [-0.05, 0) is 63.4 Å². The third-order valence-electron chi connectivity index (χ3n) is 8.76. The number of anilines is 2. The number of hydrogen-bond donors (Lipinski definition) is 2. The van der Waals surface area contributed by atoms with Crippen molar-refractivity contribution in [1.29, 1.82) is 0 Å². The molecule has 3 heterocycles. The summed E-state index contributed by atoms with van der Waals surface area (Å²) < 4.78 is 11.4. The Morgan fingerprint density at radius 3 is 2.62 bits per heavy atom. The smallest absolute Gasteiger partial charge is 0.305 e. The summed E-state index contributed by atoms with van der Waals surface area (Å²) in [4.78, 5) is 53.9. The normalized spacial score (nSPS) is 27.6. The number of ether oxygens (including phenoxy) is 2. The van der Waals surface area contributed by atoms with Crippen LogP contribution in [0.2, 0.25) is 18.6 Å². The lowest BCUT2D eigenvalue weighted by Gasteiger charge is -2.33. The topological polar surface area (TPSA) is 117 Å². The zero-order chi connectivity index (χ0) is 28.4. The predicted octanol–water partition coefficient (Wildman–Crippen LogP) is 3.85. The van der Waals surface area contributed by atoms with E-state index in [4.69, 9.17) is 9.47 Å². The van der Waals surface area contributed by atoms with Crippen molar-refractivity contribution in [3.8, 4) is 0 Å². The fraction of sp³-hybridized carbons (Fsp3) is 0.690. The molecule has 1 spiro atoms. The number of amides is 2. The summed E-state index contributed by atoms with van der Waals surface area (Å²) in [7, 11) is -1.43. The fourth-order valence-corrected chi connectivity index (χ4v) is 9.53. The van der Waals surface area contributed by atoms with Crippen LogP contribution < -0.4 is 9.80 Å². The van der Waals surface area contributed by atoms with Crippen LogP contribution in [0.4, 0.5) is 11.4 Å². The Bertz CT molecular complexity index is 1070. The largest absolute Gasteiger partial charge is 0.469 e. The molecule has 2 saturated heterocycles. The van der Waals surface area contributed by atoms with Crippen molar-refractivity contribution in [1.82, 2.24) is 0 Å². The maximum atomic E-state index is 14.4. The highest BCUT2D eigenvalue weighted by molar-refractivity contribution is 6.71. The zero-order valence-electron chi connectivity index (χ0n) is 23.8. The molecule has 10 heteroatoms. The Morgan fingerprint density at radius 1 is 1.18 bits per heavy atom. The van der Waals surface area contributed by atoms with E-state index in [-0.39, 0.29) is 42.3 Å². The van der Waals surface area contributed by atoms with E-state index in [2.05, 4.69) is 0 Å². The lowest BCUT2D eigenvalue weighted by Crippen LogP contribution is -2.46. The van der Waals surface area contributed by atoms with Gasteiger partial charge < -0.3 is 29.2 Å². The SMILES string of the molecule is COC(=O)CCCCN1C(=O)[C@@]2(O[C@@H](CCO)[C@H]([Si](C)(C)O)[C@H]2C)c2cc(N3CCCCCCC3=O)ccc21. The number of hydrogen-bond acceptors (Lipinski definition) is 7. The van der Waals surface area contributed by atoms with E-state index in [0.29, 0.717) is 38.8 Å². The second-order valence-electron chi connectivity index (χ2n) is 11.8. The highest BCUT2D eigenvalue weighted by Gasteiger charge is 2.66. The maximum absolute atomic E-state index is 14.4. The molecule has 1 aromatic rings. The van der Waals surface area contributed by atoms with Gasteiger partial charge >= 0.3 is 5.97 Å². The average Bonchev–Trinajstić information content (AvgIpc) is 3.30. The molecule has 0 radical (unpaired) electrons. The third-order valence-corrected chi connectivity index (χ3v) is 11.3. The number of methoxy groups -OCH3 is 1. The molecule has 3 aliphatic rings. The molecule has 4 rings (SSSR count). The van der Waals surface area contributed by atoms with Crippen LogP contribution in [0.15, 0.2) is 18.2 Å². The number of nitrogens with zero attached hydrogens (tertiary/aromatic N) is 2. The van der Waals surface area contributed by atoms with Crippen molar-refractivity contribution in [2.45, 2.75) is 95.1 Å². The number of esters is 1. The van der Waals surface area contributed by atoms with Gasteiger partial charge in [-0.3, -0.25) is 14.4 Å². The Morgan fingerprint density at radius 2 is 1.92 bits per heavy atom. The van der Waals surface area contributed by atoms with Gasteiger partial charge in [0.05, 0.1) is 18.9 Å². The first-order chi connectivity index (χ1) is 18.6. The summed E-state index contributed by atoms with van der Waals surface area (Å²) in [5.41, 5.74) is 0.668. The Labute approximate surface area is 232 Å². The van der Waals surface area contributed by atoms with Crippen LogP contribution in [0.25, 0.3) is 0 Å². The molecule has 2 amide bonds. The highest BCUT2D eigenvalue weighted by atomic mass is 28.4. The van der Waals surface area contributed by atoms with Crippen molar-refractivity contribution in [2.24, 2.45) is 5.92 Å². The van der Waals surface area contributed by atoms with Crippen molar-refractivity contribution in [2.75, 3.05) is 36.6 Å². The van der Waals surface area contributed by atoms with E-state index >= 15 is 0 Å². The molecule has 0 aliphatic carbocycles. The van der Waals surface area contributed by atoms with Gasteiger partial charge in [0.2, 0.25) is 5.91 Å². The second kappa shape index (κ2) is 12.1. The molecule has 2 N–H and O–H groups in total. The van der Waals surface area contributed by atoms with Crippen LogP contribution >= 0.6 is 0 Å². The number of benzene rings is 1. The number of aliphatic hydroxyl groups is 1. The van der Waals surface area contributed by atoms with Gasteiger partial charge in [-0.2, -0.15) is 0 Å². The van der Waals surface area contributed by atoms with Crippen LogP contribution in [0.1, 0.15) is 70.3 Å². The van der Waals surface area contributed by atoms with Crippen LogP contribution in [0.5, 0.6) is 0 Å². The molecule has 39 heavy (non-hydrogen) atoms. The number of carbonyl (C=O) groups excluding carboxylic acids is 3. The molecule has 2 fully saturated rings. The van der Waals surface area contributed by atoms with Gasteiger partial charge in [0, 0.05) is 55.2 Å². The summed E-state index contributed by atoms with van der Waals surface area (Å²) in [6.45, 7) is 6.65. The van der Waals surface area contributed by atoms with Crippen molar-refractivity contribution < 1.29 is 33.8 Å². The Kier molecular flexibility index (Phi) is 9.20. The average molecular weight is 561 g/mol. The molecule has 0 aromatic heterocycles. The molecule has 1 aromatic carbocycles. The van der Waals surface area contributed by atoms with Gasteiger partial charge in [0.1, 0.15) is 0 Å². The maximum Gasteiger partial charge on any atom is 0.305 e. The van der Waals surface area contributed by atoms with Crippen LogP contribution in [-0.2, 0) is 29.5 Å². The van der Waals surface area contributed by atoms with E-state index < -0.39 is 20.0 Å². The summed E-state index contributed by atoms with van der Waals surface area (Å²) in [6.07, 6.45) is 5.81. The van der Waals surface area contributed by atoms with E-state index in [1.54, 1.807) is 4.90 Å². The minimum Gasteiger partial charge on any atom is -0.469 e. The third kappa shape index (κ3) is 5.66. The molecule has 9 nitrogen and oxygen atoms in total. The van der Waals surface area contributed by atoms with Gasteiger partial charge in [-0.1, -0.05) is 19.8 Å². The van der Waals surface area contributed by atoms with Crippen molar-refractivity contribution >= 4 is 37.5 Å². The molecule has 0 saturated carbocycles. The van der Waals surface area contributed by atoms with Crippen LogP contribution in [-0.4, -0.2) is 68.9 Å². The summed E-state index contributed by atoms with van der Waals surface area (Å²) >= 11 is 0. The lowest BCUT2D eigenvalue weighted by atomic mass is 9.82. The van der Waals surface area contributed by atoms with Crippen LogP contribution in [0, 0.1) is 5.92 Å². The van der Waals surface area contributed by atoms with E-state index in [1.807, 2.05) is 43.1 Å². The molecule has 3 aliphatic heterocycles. The molecule has 0 unspecified atom stereocenters. The van der Waals surface area contributed by atoms with E-state index in [0.717, 1.165) is 42.6 Å². The van der Waals surface area contributed by atoms with Crippen molar-refractivity contribution in [3.05, 3.63) is 23.8 Å². The molecule has 4 atom stereocenters. The van der Waals surface area contributed by atoms with Crippen LogP contribution in [0.3, 0.4) is 0 Å². The fourth-order valence-electron chi connectivity index (χ4n) is 6.93. The van der Waals surface area contributed by atoms with Gasteiger partial charge in [-0.15, -0.1) is 0 Å². The highest BCUT2D eigenvalue weighted by Crippen LogP contribution is 2.60. The lowest BCUT2D eigenvalue weighted by molar-refractivity contribution is -0.146. The number of fused-ring (bicyclic) bond motifs is 2. The minimum absolute atomic E-state index is 0.0908. The standard InChI is InChI=1S/C29H44N2O7Si/c1-20-27(39(3,4)36)24(15-18-32)38-29(20)22-19-21(30-16-9-6-5-7-11-25(30)33)13-14-23(22)31(28(29)35)17-10-8-12-26(34)37-2/h13-14,19-20,24,27,32,36H,5-12,15-18H2,1-4H3/t20-,24+,27-,29+/m1/s1. The van der Waals surface area contributed by atoms with Gasteiger partial charge in [-0.25, -0.2) is 0 Å². The number of carbonyl (C=O) groups is 3. The summed E-state index contributed by atoms with van der Waals surface area (Å²) in [6, 6.07) is 5.77. The van der Waals surface area contributed by atoms with E-state index in [9.17, 15) is 24.3 Å². The Balaban J connectivity index is 1.75. The van der Waals surface area contributed by atoms with E-state index in [1.165, 1.54) is 7.11 Å². The second-order valence-corrected chi connectivity index (χ2v) is 15.7. The predicted molar refractivity (Wildman–Crippen MR) is 151 cm³/mol.